The van der Waals surface area contributed by atoms with Crippen LogP contribution < -0.4 is 15.4 Å². The molecule has 2 aromatic rings. The Labute approximate surface area is 122 Å². The molecular formula is C16H17FN2O2. The SMILES string of the molecule is COc1cccc(NC(=O)CNc2cccc(F)c2C)c1. The van der Waals surface area contributed by atoms with E-state index in [0.29, 0.717) is 22.7 Å². The van der Waals surface area contributed by atoms with Crippen LogP contribution in [0, 0.1) is 12.7 Å². The minimum absolute atomic E-state index is 0.0570. The second-order valence-corrected chi connectivity index (χ2v) is 4.55. The Morgan fingerprint density at radius 2 is 2.00 bits per heavy atom. The number of anilines is 2. The highest BCUT2D eigenvalue weighted by Gasteiger charge is 2.06. The Kier molecular flexibility index (Phi) is 4.77. The van der Waals surface area contributed by atoms with Gasteiger partial charge in [-0.05, 0) is 31.2 Å². The van der Waals surface area contributed by atoms with Gasteiger partial charge in [-0.25, -0.2) is 4.39 Å². The number of nitrogens with one attached hydrogen (secondary N) is 2. The van der Waals surface area contributed by atoms with Crippen molar-refractivity contribution < 1.29 is 13.9 Å². The molecule has 0 spiro atoms. The summed E-state index contributed by atoms with van der Waals surface area (Å²) >= 11 is 0. The van der Waals surface area contributed by atoms with Gasteiger partial charge in [-0.1, -0.05) is 12.1 Å². The first-order chi connectivity index (χ1) is 10.1. The Bertz CT molecular complexity index is 644. The van der Waals surface area contributed by atoms with Crippen LogP contribution in [-0.4, -0.2) is 19.6 Å². The van der Waals surface area contributed by atoms with E-state index >= 15 is 0 Å². The molecule has 0 aliphatic rings. The summed E-state index contributed by atoms with van der Waals surface area (Å²) in [6.07, 6.45) is 0. The number of halogens is 1. The molecule has 0 aliphatic heterocycles. The van der Waals surface area contributed by atoms with E-state index in [0.717, 1.165) is 0 Å². The van der Waals surface area contributed by atoms with E-state index < -0.39 is 0 Å². The molecule has 0 saturated carbocycles. The Balaban J connectivity index is 1.94. The van der Waals surface area contributed by atoms with Gasteiger partial charge in [0.05, 0.1) is 13.7 Å². The molecule has 0 aliphatic carbocycles. The van der Waals surface area contributed by atoms with Crippen LogP contribution in [0.5, 0.6) is 5.75 Å². The predicted molar refractivity (Wildman–Crippen MR) is 81.3 cm³/mol. The molecule has 2 rings (SSSR count). The van der Waals surface area contributed by atoms with Crippen molar-refractivity contribution >= 4 is 17.3 Å². The third-order valence-electron chi connectivity index (χ3n) is 3.06. The van der Waals surface area contributed by atoms with Crippen LogP contribution in [-0.2, 0) is 4.79 Å². The summed E-state index contributed by atoms with van der Waals surface area (Å²) in [5, 5.41) is 5.66. The first-order valence-electron chi connectivity index (χ1n) is 6.53. The molecule has 4 nitrogen and oxygen atoms in total. The predicted octanol–water partition coefficient (Wildman–Crippen LogP) is 3.19. The van der Waals surface area contributed by atoms with Gasteiger partial charge >= 0.3 is 0 Å². The fourth-order valence-corrected chi connectivity index (χ4v) is 1.88. The number of benzene rings is 2. The number of ether oxygens (including phenoxy) is 1. The van der Waals surface area contributed by atoms with Gasteiger partial charge < -0.3 is 15.4 Å². The van der Waals surface area contributed by atoms with Crippen molar-refractivity contribution in [1.29, 1.82) is 0 Å². The van der Waals surface area contributed by atoms with Crippen molar-refractivity contribution in [3.63, 3.8) is 0 Å². The lowest BCUT2D eigenvalue weighted by atomic mass is 10.2. The molecule has 0 radical (unpaired) electrons. The summed E-state index contributed by atoms with van der Waals surface area (Å²) in [7, 11) is 1.56. The van der Waals surface area contributed by atoms with Crippen LogP contribution in [0.2, 0.25) is 0 Å². The van der Waals surface area contributed by atoms with Gasteiger partial charge in [0.2, 0.25) is 5.91 Å². The Morgan fingerprint density at radius 3 is 2.76 bits per heavy atom. The van der Waals surface area contributed by atoms with E-state index in [1.165, 1.54) is 6.07 Å². The first kappa shape index (κ1) is 14.8. The van der Waals surface area contributed by atoms with Crippen molar-refractivity contribution in [3.05, 3.63) is 53.8 Å². The summed E-state index contributed by atoms with van der Waals surface area (Å²) in [6, 6.07) is 11.8. The molecule has 0 fully saturated rings. The number of hydrogen-bond donors (Lipinski definition) is 2. The zero-order valence-corrected chi connectivity index (χ0v) is 11.9. The summed E-state index contributed by atoms with van der Waals surface area (Å²) in [5.41, 5.74) is 1.75. The maximum absolute atomic E-state index is 13.4. The zero-order chi connectivity index (χ0) is 15.2. The van der Waals surface area contributed by atoms with Crippen LogP contribution >= 0.6 is 0 Å². The monoisotopic (exact) mass is 288 g/mol. The molecule has 0 unspecified atom stereocenters. The normalized spacial score (nSPS) is 10.0. The number of hydrogen-bond acceptors (Lipinski definition) is 3. The van der Waals surface area contributed by atoms with E-state index in [9.17, 15) is 9.18 Å². The fraction of sp³-hybridized carbons (Fsp3) is 0.188. The van der Waals surface area contributed by atoms with Crippen LogP contribution in [0.3, 0.4) is 0 Å². The average molecular weight is 288 g/mol. The number of rotatable bonds is 5. The summed E-state index contributed by atoms with van der Waals surface area (Å²) in [4.78, 5) is 11.9. The first-order valence-corrected chi connectivity index (χ1v) is 6.53. The van der Waals surface area contributed by atoms with Crippen LogP contribution in [0.4, 0.5) is 15.8 Å². The van der Waals surface area contributed by atoms with Crippen molar-refractivity contribution in [2.75, 3.05) is 24.3 Å². The van der Waals surface area contributed by atoms with Crippen molar-refractivity contribution in [3.8, 4) is 5.75 Å². The molecular weight excluding hydrogens is 271 g/mol. The van der Waals surface area contributed by atoms with E-state index in [1.807, 2.05) is 0 Å². The van der Waals surface area contributed by atoms with Crippen LogP contribution in [0.1, 0.15) is 5.56 Å². The van der Waals surface area contributed by atoms with E-state index in [-0.39, 0.29) is 18.3 Å². The largest absolute Gasteiger partial charge is 0.497 e. The fourth-order valence-electron chi connectivity index (χ4n) is 1.88. The summed E-state index contributed by atoms with van der Waals surface area (Å²) in [6.45, 7) is 1.72. The second kappa shape index (κ2) is 6.74. The molecule has 0 aromatic heterocycles. The molecule has 5 heteroatoms. The van der Waals surface area contributed by atoms with E-state index in [4.69, 9.17) is 4.74 Å². The molecule has 0 bridgehead atoms. The number of methoxy groups -OCH3 is 1. The highest BCUT2D eigenvalue weighted by molar-refractivity contribution is 5.94. The van der Waals surface area contributed by atoms with Gasteiger partial charge in [-0.15, -0.1) is 0 Å². The maximum Gasteiger partial charge on any atom is 0.243 e. The van der Waals surface area contributed by atoms with Gasteiger partial charge in [0.25, 0.3) is 0 Å². The van der Waals surface area contributed by atoms with Crippen molar-refractivity contribution in [1.82, 2.24) is 0 Å². The van der Waals surface area contributed by atoms with Crippen LogP contribution in [0.25, 0.3) is 0 Å². The highest BCUT2D eigenvalue weighted by atomic mass is 19.1. The lowest BCUT2D eigenvalue weighted by Gasteiger charge is -2.11. The molecule has 2 aromatic carbocycles. The number of carbonyl (C=O) groups excluding carboxylic acids is 1. The Hall–Kier alpha value is -2.56. The topological polar surface area (TPSA) is 50.4 Å². The number of carbonyl (C=O) groups is 1. The lowest BCUT2D eigenvalue weighted by Crippen LogP contribution is -2.22. The average Bonchev–Trinajstić information content (AvgIpc) is 2.49. The number of amides is 1. The Morgan fingerprint density at radius 1 is 1.24 bits per heavy atom. The third-order valence-corrected chi connectivity index (χ3v) is 3.06. The van der Waals surface area contributed by atoms with Crippen molar-refractivity contribution in [2.24, 2.45) is 0 Å². The molecule has 0 atom stereocenters. The maximum atomic E-state index is 13.4. The minimum Gasteiger partial charge on any atom is -0.497 e. The summed E-state index contributed by atoms with van der Waals surface area (Å²) in [5.74, 6) is 0.154. The van der Waals surface area contributed by atoms with Crippen molar-refractivity contribution in [2.45, 2.75) is 6.92 Å². The third kappa shape index (κ3) is 3.95. The van der Waals surface area contributed by atoms with Gasteiger partial charge in [-0.2, -0.15) is 0 Å². The van der Waals surface area contributed by atoms with Crippen LogP contribution in [0.15, 0.2) is 42.5 Å². The highest BCUT2D eigenvalue weighted by Crippen LogP contribution is 2.18. The molecule has 0 heterocycles. The quantitative estimate of drug-likeness (QED) is 0.888. The molecule has 110 valence electrons. The van der Waals surface area contributed by atoms with Gasteiger partial charge in [0.1, 0.15) is 11.6 Å². The molecule has 1 amide bonds. The van der Waals surface area contributed by atoms with E-state index in [1.54, 1.807) is 50.4 Å². The minimum atomic E-state index is -0.298. The zero-order valence-electron chi connectivity index (χ0n) is 11.9. The van der Waals surface area contributed by atoms with Gasteiger partial charge in [-0.3, -0.25) is 4.79 Å². The molecule has 0 saturated heterocycles. The van der Waals surface area contributed by atoms with E-state index in [2.05, 4.69) is 10.6 Å². The van der Waals surface area contributed by atoms with Gasteiger partial charge in [0, 0.05) is 23.0 Å². The molecule has 21 heavy (non-hydrogen) atoms. The standard InChI is InChI=1S/C16H17FN2O2/c1-11-14(17)7-4-8-15(11)18-10-16(20)19-12-5-3-6-13(9-12)21-2/h3-9,18H,10H2,1-2H3,(H,19,20). The summed E-state index contributed by atoms with van der Waals surface area (Å²) < 4.78 is 18.5. The second-order valence-electron chi connectivity index (χ2n) is 4.55. The lowest BCUT2D eigenvalue weighted by molar-refractivity contribution is -0.114. The van der Waals surface area contributed by atoms with Gasteiger partial charge in [0.15, 0.2) is 0 Å². The molecule has 2 N–H and O–H groups in total. The smallest absolute Gasteiger partial charge is 0.243 e.